The topological polar surface area (TPSA) is 38.7 Å². The fourth-order valence-electron chi connectivity index (χ4n) is 2.03. The zero-order valence-electron chi connectivity index (χ0n) is 11.4. The van der Waals surface area contributed by atoms with Crippen LogP contribution in [0, 0.1) is 5.82 Å². The van der Waals surface area contributed by atoms with Crippen LogP contribution in [0.5, 0.6) is 11.5 Å². The SMILES string of the molecule is COc1ccc(C(O)c2cccc(Cl)c2F)c(OC)c1Cl. The molecule has 2 aromatic rings. The van der Waals surface area contributed by atoms with E-state index in [-0.39, 0.29) is 21.4 Å². The highest BCUT2D eigenvalue weighted by Gasteiger charge is 2.23. The van der Waals surface area contributed by atoms with Crippen molar-refractivity contribution in [1.82, 2.24) is 0 Å². The van der Waals surface area contributed by atoms with Crippen LogP contribution in [0.4, 0.5) is 4.39 Å². The number of halogens is 3. The first-order valence-electron chi connectivity index (χ1n) is 6.03. The Hall–Kier alpha value is -1.49. The fraction of sp³-hybridized carbons (Fsp3) is 0.200. The molecule has 1 N–H and O–H groups in total. The van der Waals surface area contributed by atoms with Gasteiger partial charge in [-0.15, -0.1) is 0 Å². The van der Waals surface area contributed by atoms with Crippen LogP contribution in [-0.4, -0.2) is 19.3 Å². The number of ether oxygens (including phenoxy) is 2. The van der Waals surface area contributed by atoms with E-state index >= 15 is 0 Å². The van der Waals surface area contributed by atoms with Gasteiger partial charge in [-0.3, -0.25) is 0 Å². The van der Waals surface area contributed by atoms with Crippen molar-refractivity contribution in [2.24, 2.45) is 0 Å². The molecule has 2 rings (SSSR count). The third-order valence-electron chi connectivity index (χ3n) is 3.09. The number of hydrogen-bond acceptors (Lipinski definition) is 3. The molecule has 0 aliphatic carbocycles. The second kappa shape index (κ2) is 6.52. The van der Waals surface area contributed by atoms with Crippen LogP contribution < -0.4 is 9.47 Å². The highest BCUT2D eigenvalue weighted by Crippen LogP contribution is 2.41. The molecule has 112 valence electrons. The predicted octanol–water partition coefficient (Wildman–Crippen LogP) is 4.23. The molecule has 0 aliphatic rings. The molecule has 0 amide bonds. The fourth-order valence-corrected chi connectivity index (χ4v) is 2.54. The van der Waals surface area contributed by atoms with E-state index in [0.29, 0.717) is 11.3 Å². The molecule has 0 heterocycles. The highest BCUT2D eigenvalue weighted by molar-refractivity contribution is 6.33. The zero-order valence-corrected chi connectivity index (χ0v) is 12.9. The van der Waals surface area contributed by atoms with E-state index in [1.54, 1.807) is 18.2 Å². The summed E-state index contributed by atoms with van der Waals surface area (Å²) in [5.74, 6) is -0.0559. The lowest BCUT2D eigenvalue weighted by molar-refractivity contribution is 0.209. The Balaban J connectivity index is 2.56. The second-order valence-electron chi connectivity index (χ2n) is 4.25. The zero-order chi connectivity index (χ0) is 15.6. The van der Waals surface area contributed by atoms with Crippen LogP contribution in [0.2, 0.25) is 10.0 Å². The summed E-state index contributed by atoms with van der Waals surface area (Å²) >= 11 is 11.9. The molecule has 0 saturated heterocycles. The van der Waals surface area contributed by atoms with Gasteiger partial charge < -0.3 is 14.6 Å². The van der Waals surface area contributed by atoms with Crippen LogP contribution >= 0.6 is 23.2 Å². The summed E-state index contributed by atoms with van der Waals surface area (Å²) in [6.45, 7) is 0. The Morgan fingerprint density at radius 2 is 1.76 bits per heavy atom. The lowest BCUT2D eigenvalue weighted by Gasteiger charge is -2.18. The Morgan fingerprint density at radius 3 is 2.38 bits per heavy atom. The molecule has 0 saturated carbocycles. The number of methoxy groups -OCH3 is 2. The van der Waals surface area contributed by atoms with Crippen molar-refractivity contribution in [1.29, 1.82) is 0 Å². The average Bonchev–Trinajstić information content (AvgIpc) is 2.49. The standard InChI is InChI=1S/C15H13Cl2FO3/c1-20-11-7-6-9(15(21-2)12(11)17)14(19)8-4-3-5-10(16)13(8)18/h3-7,14,19H,1-2H3. The number of hydrogen-bond donors (Lipinski definition) is 1. The van der Waals surface area contributed by atoms with E-state index < -0.39 is 11.9 Å². The first-order valence-corrected chi connectivity index (χ1v) is 6.79. The third kappa shape index (κ3) is 2.93. The van der Waals surface area contributed by atoms with Gasteiger partial charge in [-0.2, -0.15) is 0 Å². The molecule has 2 aromatic carbocycles. The van der Waals surface area contributed by atoms with Gasteiger partial charge in [0, 0.05) is 11.1 Å². The summed E-state index contributed by atoms with van der Waals surface area (Å²) in [5, 5.41) is 10.6. The normalized spacial score (nSPS) is 12.1. The van der Waals surface area contributed by atoms with E-state index in [0.717, 1.165) is 0 Å². The van der Waals surface area contributed by atoms with Gasteiger partial charge in [-0.05, 0) is 18.2 Å². The lowest BCUT2D eigenvalue weighted by Crippen LogP contribution is -2.06. The Labute approximate surface area is 131 Å². The Morgan fingerprint density at radius 1 is 1.05 bits per heavy atom. The largest absolute Gasteiger partial charge is 0.495 e. The van der Waals surface area contributed by atoms with Crippen LogP contribution in [0.25, 0.3) is 0 Å². The van der Waals surface area contributed by atoms with Crippen molar-refractivity contribution >= 4 is 23.2 Å². The van der Waals surface area contributed by atoms with Gasteiger partial charge >= 0.3 is 0 Å². The predicted molar refractivity (Wildman–Crippen MR) is 80.0 cm³/mol. The molecule has 0 aromatic heterocycles. The second-order valence-corrected chi connectivity index (χ2v) is 5.04. The molecule has 0 spiro atoms. The summed E-state index contributed by atoms with van der Waals surface area (Å²) in [6.07, 6.45) is -1.26. The monoisotopic (exact) mass is 330 g/mol. The minimum Gasteiger partial charge on any atom is -0.495 e. The van der Waals surface area contributed by atoms with Gasteiger partial charge in [-0.25, -0.2) is 4.39 Å². The molecule has 0 radical (unpaired) electrons. The molecule has 0 fully saturated rings. The smallest absolute Gasteiger partial charge is 0.147 e. The molecule has 0 bridgehead atoms. The van der Waals surface area contributed by atoms with E-state index in [4.69, 9.17) is 32.7 Å². The van der Waals surface area contributed by atoms with Crippen LogP contribution in [0.1, 0.15) is 17.2 Å². The van der Waals surface area contributed by atoms with Crippen molar-refractivity contribution in [2.45, 2.75) is 6.10 Å². The van der Waals surface area contributed by atoms with Crippen molar-refractivity contribution in [3.05, 3.63) is 57.3 Å². The number of benzene rings is 2. The van der Waals surface area contributed by atoms with Gasteiger partial charge in [0.15, 0.2) is 0 Å². The van der Waals surface area contributed by atoms with E-state index in [1.807, 2.05) is 0 Å². The average molecular weight is 331 g/mol. The number of aliphatic hydroxyl groups excluding tert-OH is 1. The summed E-state index contributed by atoms with van der Waals surface area (Å²) in [5.41, 5.74) is 0.367. The number of rotatable bonds is 4. The van der Waals surface area contributed by atoms with Crippen molar-refractivity contribution in [3.8, 4) is 11.5 Å². The molecular weight excluding hydrogens is 318 g/mol. The summed E-state index contributed by atoms with van der Waals surface area (Å²) < 4.78 is 24.3. The molecule has 0 aliphatic heterocycles. The van der Waals surface area contributed by atoms with Crippen LogP contribution in [0.3, 0.4) is 0 Å². The maximum atomic E-state index is 14.0. The Kier molecular flexibility index (Phi) is 4.93. The number of aliphatic hydroxyl groups is 1. The molecule has 3 nitrogen and oxygen atoms in total. The van der Waals surface area contributed by atoms with E-state index in [2.05, 4.69) is 0 Å². The third-order valence-corrected chi connectivity index (χ3v) is 3.74. The van der Waals surface area contributed by atoms with Gasteiger partial charge in [0.25, 0.3) is 0 Å². The maximum absolute atomic E-state index is 14.0. The van der Waals surface area contributed by atoms with Crippen molar-refractivity contribution in [2.75, 3.05) is 14.2 Å². The molecule has 21 heavy (non-hydrogen) atoms. The molecule has 1 unspecified atom stereocenters. The van der Waals surface area contributed by atoms with Crippen molar-refractivity contribution < 1.29 is 19.0 Å². The minimum absolute atomic E-state index is 0.0435. The Bertz CT molecular complexity index is 662. The molecule has 1 atom stereocenters. The first kappa shape index (κ1) is 15.9. The summed E-state index contributed by atoms with van der Waals surface area (Å²) in [7, 11) is 2.87. The summed E-state index contributed by atoms with van der Waals surface area (Å²) in [4.78, 5) is 0. The lowest BCUT2D eigenvalue weighted by atomic mass is 10.00. The van der Waals surface area contributed by atoms with Gasteiger partial charge in [0.2, 0.25) is 0 Å². The van der Waals surface area contributed by atoms with Crippen molar-refractivity contribution in [3.63, 3.8) is 0 Å². The first-order chi connectivity index (χ1) is 10.0. The minimum atomic E-state index is -1.26. The van der Waals surface area contributed by atoms with Crippen LogP contribution in [0.15, 0.2) is 30.3 Å². The molecule has 6 heteroatoms. The maximum Gasteiger partial charge on any atom is 0.147 e. The van der Waals surface area contributed by atoms with Gasteiger partial charge in [-0.1, -0.05) is 35.3 Å². The van der Waals surface area contributed by atoms with Crippen LogP contribution in [-0.2, 0) is 0 Å². The quantitative estimate of drug-likeness (QED) is 0.911. The highest BCUT2D eigenvalue weighted by atomic mass is 35.5. The van der Waals surface area contributed by atoms with E-state index in [9.17, 15) is 9.50 Å². The van der Waals surface area contributed by atoms with E-state index in [1.165, 1.54) is 26.4 Å². The van der Waals surface area contributed by atoms with Gasteiger partial charge in [0.05, 0.1) is 19.2 Å². The molecular formula is C15H13Cl2FO3. The summed E-state index contributed by atoms with van der Waals surface area (Å²) in [6, 6.07) is 7.55. The van der Waals surface area contributed by atoms with Gasteiger partial charge in [0.1, 0.15) is 28.4 Å².